The largest absolute Gasteiger partial charge is 0.507 e. The van der Waals surface area contributed by atoms with Gasteiger partial charge in [0, 0.05) is 5.56 Å². The Kier molecular flexibility index (Phi) is 5.42. The summed E-state index contributed by atoms with van der Waals surface area (Å²) in [6, 6.07) is 19.4. The minimum Gasteiger partial charge on any atom is -0.507 e. The lowest BCUT2D eigenvalue weighted by atomic mass is 9.95. The Balaban J connectivity index is 1.73. The van der Waals surface area contributed by atoms with E-state index in [0.29, 0.717) is 22.0 Å². The van der Waals surface area contributed by atoms with Gasteiger partial charge >= 0.3 is 5.91 Å². The second kappa shape index (κ2) is 8.43. The second-order valence-electron chi connectivity index (χ2n) is 8.28. The molecule has 1 N–H and O–H groups in total. The van der Waals surface area contributed by atoms with Crippen LogP contribution in [0.15, 0.2) is 72.3 Å². The lowest BCUT2D eigenvalue weighted by Gasteiger charge is -2.23. The number of fused-ring (bicyclic) bond motifs is 1. The maximum atomic E-state index is 13.3. The molecule has 2 heterocycles. The summed E-state index contributed by atoms with van der Waals surface area (Å²) in [4.78, 5) is 32.7. The molecule has 0 saturated carbocycles. The van der Waals surface area contributed by atoms with Crippen LogP contribution in [0.1, 0.15) is 28.3 Å². The predicted octanol–water partition coefficient (Wildman–Crippen LogP) is 5.55. The maximum absolute atomic E-state index is 13.3. The Morgan fingerprint density at radius 1 is 1.00 bits per heavy atom. The van der Waals surface area contributed by atoms with Crippen molar-refractivity contribution in [3.8, 4) is 5.75 Å². The number of anilines is 1. The summed E-state index contributed by atoms with van der Waals surface area (Å²) in [5.74, 6) is -1.18. The minimum absolute atomic E-state index is 0.0255. The fourth-order valence-corrected chi connectivity index (χ4v) is 5.23. The molecule has 3 aromatic carbocycles. The molecular formula is C27H22N2O4S. The molecule has 0 aliphatic carbocycles. The highest BCUT2D eigenvalue weighted by Gasteiger charge is 2.48. The van der Waals surface area contributed by atoms with Crippen LogP contribution < -0.4 is 9.64 Å². The SMILES string of the molecule is COc1cccc(C(O)=C2C(=O)C(=O)N(c3nc4ccc(C)cc4s3)[C@H]2c2ccc(C)cc2)c1. The number of nitrogens with zero attached hydrogens (tertiary/aromatic N) is 2. The van der Waals surface area contributed by atoms with Gasteiger partial charge in [-0.2, -0.15) is 0 Å². The number of rotatable bonds is 4. The molecule has 5 rings (SSSR count). The molecule has 170 valence electrons. The first-order valence-corrected chi connectivity index (χ1v) is 11.6. The third kappa shape index (κ3) is 3.64. The number of hydrogen-bond acceptors (Lipinski definition) is 6. The molecular weight excluding hydrogens is 448 g/mol. The van der Waals surface area contributed by atoms with Crippen molar-refractivity contribution >= 4 is 44.1 Å². The number of hydrogen-bond donors (Lipinski definition) is 1. The highest BCUT2D eigenvalue weighted by atomic mass is 32.1. The number of thiazole rings is 1. The standard InChI is InChI=1S/C27H22N2O4S/c1-15-7-10-17(11-8-15)23-22(24(30)18-5-4-6-19(14-18)33-3)25(31)26(32)29(23)27-28-20-12-9-16(2)13-21(20)34-27/h4-14,23,30H,1-3H3/t23-/m0/s1. The van der Waals surface area contributed by atoms with E-state index in [9.17, 15) is 14.7 Å². The first-order valence-electron chi connectivity index (χ1n) is 10.8. The summed E-state index contributed by atoms with van der Waals surface area (Å²) in [7, 11) is 1.53. The van der Waals surface area contributed by atoms with E-state index >= 15 is 0 Å². The average molecular weight is 471 g/mol. The third-order valence-corrected chi connectivity index (χ3v) is 6.94. The summed E-state index contributed by atoms with van der Waals surface area (Å²) in [5, 5.41) is 11.7. The number of carbonyl (C=O) groups is 2. The van der Waals surface area contributed by atoms with Crippen molar-refractivity contribution in [1.82, 2.24) is 4.98 Å². The zero-order chi connectivity index (χ0) is 24.0. The number of aliphatic hydroxyl groups is 1. The second-order valence-corrected chi connectivity index (χ2v) is 9.29. The van der Waals surface area contributed by atoms with Gasteiger partial charge in [-0.25, -0.2) is 4.98 Å². The van der Waals surface area contributed by atoms with E-state index in [-0.39, 0.29) is 11.3 Å². The summed E-state index contributed by atoms with van der Waals surface area (Å²) < 4.78 is 6.19. The number of ether oxygens (including phenoxy) is 1. The molecule has 0 radical (unpaired) electrons. The number of benzene rings is 3. The summed E-state index contributed by atoms with van der Waals surface area (Å²) in [5.41, 5.74) is 4.02. The van der Waals surface area contributed by atoms with Gasteiger partial charge in [-0.15, -0.1) is 0 Å². The van der Waals surface area contributed by atoms with Gasteiger partial charge in [0.05, 0.1) is 28.9 Å². The molecule has 1 aliphatic rings. The van der Waals surface area contributed by atoms with E-state index in [1.807, 2.05) is 56.3 Å². The minimum atomic E-state index is -0.812. The Morgan fingerprint density at radius 2 is 1.74 bits per heavy atom. The zero-order valence-corrected chi connectivity index (χ0v) is 19.7. The van der Waals surface area contributed by atoms with Crippen molar-refractivity contribution in [3.63, 3.8) is 0 Å². The van der Waals surface area contributed by atoms with Gasteiger partial charge in [0.25, 0.3) is 5.78 Å². The van der Waals surface area contributed by atoms with Crippen LogP contribution in [0.3, 0.4) is 0 Å². The van der Waals surface area contributed by atoms with E-state index in [2.05, 4.69) is 4.98 Å². The highest BCUT2D eigenvalue weighted by molar-refractivity contribution is 7.22. The van der Waals surface area contributed by atoms with Gasteiger partial charge in [0.1, 0.15) is 11.5 Å². The molecule has 1 amide bonds. The van der Waals surface area contributed by atoms with E-state index in [1.54, 1.807) is 24.3 Å². The van der Waals surface area contributed by atoms with Crippen molar-refractivity contribution in [2.75, 3.05) is 12.0 Å². The first kappa shape index (κ1) is 21.9. The van der Waals surface area contributed by atoms with Gasteiger partial charge in [0.2, 0.25) is 0 Å². The van der Waals surface area contributed by atoms with Gasteiger partial charge in [-0.1, -0.05) is 59.4 Å². The van der Waals surface area contributed by atoms with Crippen LogP contribution in [0, 0.1) is 13.8 Å². The van der Waals surface area contributed by atoms with E-state index in [4.69, 9.17) is 4.74 Å². The Morgan fingerprint density at radius 3 is 2.47 bits per heavy atom. The normalized spacial score (nSPS) is 17.5. The molecule has 0 bridgehead atoms. The molecule has 4 aromatic rings. The van der Waals surface area contributed by atoms with Gasteiger partial charge < -0.3 is 9.84 Å². The van der Waals surface area contributed by atoms with Crippen molar-refractivity contribution in [3.05, 3.63) is 94.6 Å². The van der Waals surface area contributed by atoms with Crippen molar-refractivity contribution in [2.24, 2.45) is 0 Å². The maximum Gasteiger partial charge on any atom is 0.301 e. The van der Waals surface area contributed by atoms with E-state index in [1.165, 1.54) is 23.3 Å². The average Bonchev–Trinajstić information content (AvgIpc) is 3.37. The van der Waals surface area contributed by atoms with Crippen LogP contribution >= 0.6 is 11.3 Å². The van der Waals surface area contributed by atoms with Gasteiger partial charge in [-0.05, 0) is 49.2 Å². The van der Waals surface area contributed by atoms with Crippen molar-refractivity contribution < 1.29 is 19.4 Å². The van der Waals surface area contributed by atoms with E-state index < -0.39 is 17.7 Å². The number of carbonyl (C=O) groups excluding carboxylic acids is 2. The molecule has 1 aliphatic heterocycles. The van der Waals surface area contributed by atoms with Crippen molar-refractivity contribution in [2.45, 2.75) is 19.9 Å². The first-order chi connectivity index (χ1) is 16.4. The van der Waals surface area contributed by atoms with Crippen LogP contribution in [0.4, 0.5) is 5.13 Å². The van der Waals surface area contributed by atoms with Gasteiger partial charge in [0.15, 0.2) is 5.13 Å². The highest BCUT2D eigenvalue weighted by Crippen LogP contribution is 2.44. The Bertz CT molecular complexity index is 1470. The zero-order valence-electron chi connectivity index (χ0n) is 18.9. The molecule has 34 heavy (non-hydrogen) atoms. The lowest BCUT2D eigenvalue weighted by molar-refractivity contribution is -0.132. The number of aliphatic hydroxyl groups excluding tert-OH is 1. The molecule has 1 aromatic heterocycles. The summed E-state index contributed by atoms with van der Waals surface area (Å²) in [6.07, 6.45) is 0. The molecule has 1 fully saturated rings. The number of methoxy groups -OCH3 is 1. The van der Waals surface area contributed by atoms with E-state index in [0.717, 1.165) is 21.3 Å². The van der Waals surface area contributed by atoms with Crippen LogP contribution in [0.2, 0.25) is 0 Å². The number of Topliss-reactive ketones (excluding diaryl/α,β-unsaturated/α-hetero) is 1. The van der Waals surface area contributed by atoms with Gasteiger partial charge in [-0.3, -0.25) is 14.5 Å². The number of aryl methyl sites for hydroxylation is 2. The number of aromatic nitrogens is 1. The number of amides is 1. The Hall–Kier alpha value is -3.97. The molecule has 1 saturated heterocycles. The molecule has 6 nitrogen and oxygen atoms in total. The molecule has 1 atom stereocenters. The number of ketones is 1. The summed E-state index contributed by atoms with van der Waals surface area (Å²) in [6.45, 7) is 3.96. The Labute approximate surface area is 200 Å². The van der Waals surface area contributed by atoms with Crippen LogP contribution in [0.5, 0.6) is 5.75 Å². The molecule has 7 heteroatoms. The smallest absolute Gasteiger partial charge is 0.301 e. The monoisotopic (exact) mass is 470 g/mol. The third-order valence-electron chi connectivity index (χ3n) is 5.92. The fraction of sp³-hybridized carbons (Fsp3) is 0.148. The molecule has 0 unspecified atom stereocenters. The van der Waals surface area contributed by atoms with Crippen LogP contribution in [-0.4, -0.2) is 28.9 Å². The lowest BCUT2D eigenvalue weighted by Crippen LogP contribution is -2.29. The topological polar surface area (TPSA) is 79.7 Å². The summed E-state index contributed by atoms with van der Waals surface area (Å²) >= 11 is 1.35. The quantitative estimate of drug-likeness (QED) is 0.240. The predicted molar refractivity (Wildman–Crippen MR) is 133 cm³/mol. The fourth-order valence-electron chi connectivity index (χ4n) is 4.14. The molecule has 0 spiro atoms. The van der Waals surface area contributed by atoms with Crippen LogP contribution in [0.25, 0.3) is 16.0 Å². The van der Waals surface area contributed by atoms with Crippen molar-refractivity contribution in [1.29, 1.82) is 0 Å². The van der Waals surface area contributed by atoms with Crippen LogP contribution in [-0.2, 0) is 9.59 Å².